The highest BCUT2D eigenvalue weighted by molar-refractivity contribution is 6.08. The molecule has 3 saturated heterocycles. The van der Waals surface area contributed by atoms with Crippen LogP contribution in [0.1, 0.15) is 34.5 Å². The van der Waals surface area contributed by atoms with E-state index >= 15 is 0 Å². The molecule has 222 valence electrons. The van der Waals surface area contributed by atoms with Gasteiger partial charge in [-0.15, -0.1) is 0 Å². The molecular weight excluding hydrogens is 556 g/mol. The van der Waals surface area contributed by atoms with E-state index < -0.39 is 12.1 Å². The van der Waals surface area contributed by atoms with Crippen molar-refractivity contribution in [3.05, 3.63) is 95.2 Å². The predicted molar refractivity (Wildman–Crippen MR) is 157 cm³/mol. The van der Waals surface area contributed by atoms with E-state index in [1.165, 1.54) is 24.3 Å². The van der Waals surface area contributed by atoms with E-state index in [0.29, 0.717) is 28.7 Å². The summed E-state index contributed by atoms with van der Waals surface area (Å²) >= 11 is 0. The fourth-order valence-electron chi connectivity index (χ4n) is 5.61. The Morgan fingerprint density at radius 1 is 0.791 bits per heavy atom. The number of hydrogen-bond donors (Lipinski definition) is 3. The van der Waals surface area contributed by atoms with Crippen molar-refractivity contribution < 1.29 is 23.2 Å². The van der Waals surface area contributed by atoms with Gasteiger partial charge in [0.2, 0.25) is 0 Å². The lowest BCUT2D eigenvalue weighted by atomic mass is 10.0. The van der Waals surface area contributed by atoms with Gasteiger partial charge in [0, 0.05) is 56.4 Å². The Labute approximate surface area is 246 Å². The van der Waals surface area contributed by atoms with Gasteiger partial charge >= 0.3 is 12.1 Å². The molecule has 0 saturated carbocycles. The number of carbonyl (C=O) groups is 3. The smallest absolute Gasteiger partial charge is 0.334 e. The van der Waals surface area contributed by atoms with Gasteiger partial charge in [0.05, 0.1) is 5.52 Å². The first kappa shape index (κ1) is 28.3. The van der Waals surface area contributed by atoms with Gasteiger partial charge in [0.15, 0.2) is 5.69 Å². The first-order valence-corrected chi connectivity index (χ1v) is 14.2. The van der Waals surface area contributed by atoms with Gasteiger partial charge < -0.3 is 25.8 Å². The number of nitrogens with zero attached hydrogens (tertiary/aromatic N) is 4. The molecule has 4 aromatic rings. The Kier molecular flexibility index (Phi) is 8.01. The zero-order valence-corrected chi connectivity index (χ0v) is 23.4. The van der Waals surface area contributed by atoms with Gasteiger partial charge in [-0.25, -0.2) is 18.4 Å². The van der Waals surface area contributed by atoms with Crippen molar-refractivity contribution in [2.45, 2.75) is 32.0 Å². The summed E-state index contributed by atoms with van der Waals surface area (Å²) in [5.41, 5.74) is 2.38. The molecule has 43 heavy (non-hydrogen) atoms. The molecule has 0 aliphatic carbocycles. The van der Waals surface area contributed by atoms with Crippen molar-refractivity contribution in [1.82, 2.24) is 30.2 Å². The Balaban J connectivity index is 1.26. The molecule has 3 fully saturated rings. The zero-order chi connectivity index (χ0) is 29.9. The molecule has 1 aromatic heterocycles. The van der Waals surface area contributed by atoms with Crippen LogP contribution in [0, 0.1) is 11.6 Å². The highest BCUT2D eigenvalue weighted by Crippen LogP contribution is 2.28. The Morgan fingerprint density at radius 2 is 1.42 bits per heavy atom. The third-order valence-corrected chi connectivity index (χ3v) is 7.97. The quantitative estimate of drug-likeness (QED) is 0.311. The van der Waals surface area contributed by atoms with Crippen LogP contribution in [0.15, 0.2) is 66.7 Å². The zero-order valence-electron chi connectivity index (χ0n) is 23.4. The number of amides is 4. The van der Waals surface area contributed by atoms with E-state index in [1.54, 1.807) is 42.5 Å². The summed E-state index contributed by atoms with van der Waals surface area (Å²) in [6, 6.07) is 15.6. The molecular formula is C31H31F2N7O3. The molecule has 3 N–H and O–H groups in total. The van der Waals surface area contributed by atoms with Crippen LogP contribution in [0.2, 0.25) is 0 Å². The largest absolute Gasteiger partial charge is 0.342 e. The van der Waals surface area contributed by atoms with Crippen LogP contribution < -0.4 is 16.0 Å². The number of carbonyl (C=O) groups excluding carboxylic acids is 3. The second-order valence-corrected chi connectivity index (χ2v) is 10.8. The van der Waals surface area contributed by atoms with E-state index in [1.807, 2.05) is 4.90 Å². The summed E-state index contributed by atoms with van der Waals surface area (Å²) in [6.07, 6.45) is 1.76. The topological polar surface area (TPSA) is 112 Å². The predicted octanol–water partition coefficient (Wildman–Crippen LogP) is 4.31. The fraction of sp³-hybridized carbons (Fsp3) is 0.290. The number of urea groups is 1. The van der Waals surface area contributed by atoms with Gasteiger partial charge in [-0.3, -0.25) is 4.79 Å². The van der Waals surface area contributed by atoms with Crippen LogP contribution in [0.4, 0.5) is 24.1 Å². The molecule has 2 bridgehead atoms. The number of fused-ring (bicyclic) bond motifs is 5. The lowest BCUT2D eigenvalue weighted by molar-refractivity contribution is 0.0680. The number of anilines is 1. The lowest BCUT2D eigenvalue weighted by Crippen LogP contribution is -2.42. The minimum absolute atomic E-state index is 0.0947. The van der Waals surface area contributed by atoms with Crippen LogP contribution in [-0.2, 0) is 13.1 Å². The van der Waals surface area contributed by atoms with Gasteiger partial charge in [0.25, 0.3) is 5.91 Å². The van der Waals surface area contributed by atoms with Crippen molar-refractivity contribution in [2.24, 2.45) is 0 Å². The average molecular weight is 588 g/mol. The van der Waals surface area contributed by atoms with Crippen LogP contribution in [0.25, 0.3) is 10.9 Å². The summed E-state index contributed by atoms with van der Waals surface area (Å²) < 4.78 is 27.6. The molecule has 3 aliphatic rings. The van der Waals surface area contributed by atoms with Crippen molar-refractivity contribution in [3.63, 3.8) is 0 Å². The van der Waals surface area contributed by atoms with Crippen molar-refractivity contribution in [2.75, 3.05) is 31.5 Å². The number of nitrogens with one attached hydrogen (secondary N) is 3. The van der Waals surface area contributed by atoms with Crippen LogP contribution in [0.3, 0.4) is 0 Å². The third-order valence-electron chi connectivity index (χ3n) is 7.97. The molecule has 4 heterocycles. The van der Waals surface area contributed by atoms with E-state index in [2.05, 4.69) is 25.9 Å². The van der Waals surface area contributed by atoms with Crippen LogP contribution in [-0.4, -0.2) is 69.8 Å². The number of piperidine rings is 1. The summed E-state index contributed by atoms with van der Waals surface area (Å²) in [7, 11) is 0. The van der Waals surface area contributed by atoms with E-state index in [-0.39, 0.29) is 42.4 Å². The normalized spacial score (nSPS) is 17.9. The molecule has 4 amide bonds. The van der Waals surface area contributed by atoms with Crippen LogP contribution >= 0.6 is 0 Å². The number of hydrogen-bond acceptors (Lipinski definition) is 5. The highest BCUT2D eigenvalue weighted by atomic mass is 19.1. The SMILES string of the molecule is O=C(NCc1ccc(F)cc1)Nc1ccc2c(c1)c(C(=O)N1CCN3CCC1CC3)nn2C(=O)NCc1ccc(F)cc1. The molecule has 0 atom stereocenters. The summed E-state index contributed by atoms with van der Waals surface area (Å²) in [6.45, 7) is 3.56. The summed E-state index contributed by atoms with van der Waals surface area (Å²) in [5.74, 6) is -0.993. The summed E-state index contributed by atoms with van der Waals surface area (Å²) in [4.78, 5) is 44.1. The molecule has 0 radical (unpaired) electrons. The number of halogens is 2. The Bertz CT molecular complexity index is 1650. The third kappa shape index (κ3) is 6.33. The minimum atomic E-state index is -0.547. The molecule has 0 spiro atoms. The molecule has 3 aromatic carbocycles. The number of aromatic nitrogens is 2. The van der Waals surface area contributed by atoms with Gasteiger partial charge in [-0.1, -0.05) is 24.3 Å². The second-order valence-electron chi connectivity index (χ2n) is 10.8. The van der Waals surface area contributed by atoms with E-state index in [9.17, 15) is 23.2 Å². The van der Waals surface area contributed by atoms with Gasteiger partial charge in [0.1, 0.15) is 11.6 Å². The molecule has 12 heteroatoms. The fourth-order valence-corrected chi connectivity index (χ4v) is 5.61. The maximum absolute atomic E-state index is 14.0. The average Bonchev–Trinajstić information content (AvgIpc) is 3.13. The molecule has 0 unspecified atom stereocenters. The highest BCUT2D eigenvalue weighted by Gasteiger charge is 2.34. The molecule has 10 nitrogen and oxygen atoms in total. The second kappa shape index (κ2) is 12.2. The first-order chi connectivity index (χ1) is 20.8. The maximum atomic E-state index is 14.0. The maximum Gasteiger partial charge on any atom is 0.342 e. The first-order valence-electron chi connectivity index (χ1n) is 14.2. The van der Waals surface area contributed by atoms with E-state index in [0.717, 1.165) is 42.7 Å². The number of rotatable bonds is 6. The lowest BCUT2D eigenvalue weighted by Gasteiger charge is -2.31. The molecule has 3 aliphatic heterocycles. The van der Waals surface area contributed by atoms with Crippen LogP contribution in [0.5, 0.6) is 0 Å². The number of benzene rings is 3. The van der Waals surface area contributed by atoms with Crippen molar-refractivity contribution >= 4 is 34.6 Å². The Hall–Kier alpha value is -4.84. The standard InChI is InChI=1S/C31H31F2N7O3/c32-22-5-1-20(2-6-22)18-34-30(42)36-24-9-10-27-26(17-24)28(29(41)39-16-15-38-13-11-25(39)12-14-38)37-40(27)31(43)35-19-21-3-7-23(33)8-4-21/h1-10,17,25H,11-16,18-19H2,(H,35,43)(H2,34,36,42). The minimum Gasteiger partial charge on any atom is -0.334 e. The van der Waals surface area contributed by atoms with Crippen molar-refractivity contribution in [3.8, 4) is 0 Å². The molecule has 7 rings (SSSR count). The Morgan fingerprint density at radius 3 is 2.07 bits per heavy atom. The van der Waals surface area contributed by atoms with E-state index in [4.69, 9.17) is 0 Å². The van der Waals surface area contributed by atoms with Crippen molar-refractivity contribution in [1.29, 1.82) is 0 Å². The van der Waals surface area contributed by atoms with Gasteiger partial charge in [-0.2, -0.15) is 9.78 Å². The monoisotopic (exact) mass is 587 g/mol. The summed E-state index contributed by atoms with van der Waals surface area (Å²) in [5, 5.41) is 13.2. The van der Waals surface area contributed by atoms with Gasteiger partial charge in [-0.05, 0) is 66.4 Å².